The number of hydrogen-bond donors (Lipinski definition) is 3. The molecule has 0 saturated heterocycles. The Morgan fingerprint density at radius 2 is 2.33 bits per heavy atom. The molecule has 100 valence electrons. The highest BCUT2D eigenvalue weighted by Crippen LogP contribution is 2.19. The van der Waals surface area contributed by atoms with Gasteiger partial charge in [0.25, 0.3) is 0 Å². The van der Waals surface area contributed by atoms with Crippen LogP contribution in [0.5, 0.6) is 0 Å². The van der Waals surface area contributed by atoms with E-state index in [2.05, 4.69) is 4.98 Å². The van der Waals surface area contributed by atoms with Crippen molar-refractivity contribution in [3.05, 3.63) is 17.8 Å². The second kappa shape index (κ2) is 6.18. The van der Waals surface area contributed by atoms with Gasteiger partial charge in [-0.3, -0.25) is 0 Å². The van der Waals surface area contributed by atoms with Crippen molar-refractivity contribution in [2.45, 2.75) is 6.10 Å². The lowest BCUT2D eigenvalue weighted by Gasteiger charge is -2.22. The molecule has 1 rings (SSSR count). The molecule has 1 unspecified atom stereocenters. The SMILES string of the molecule is COCC(O)CN(C)c1ncc(N)cc1C(=O)O. The average molecular weight is 255 g/mol. The fourth-order valence-corrected chi connectivity index (χ4v) is 1.58. The fraction of sp³-hybridized carbons (Fsp3) is 0.455. The lowest BCUT2D eigenvalue weighted by Crippen LogP contribution is -2.33. The monoisotopic (exact) mass is 255 g/mol. The largest absolute Gasteiger partial charge is 0.478 e. The van der Waals surface area contributed by atoms with Crippen molar-refractivity contribution in [3.63, 3.8) is 0 Å². The minimum absolute atomic E-state index is 0.00196. The third-order valence-corrected chi connectivity index (χ3v) is 2.32. The van der Waals surface area contributed by atoms with E-state index in [1.807, 2.05) is 0 Å². The highest BCUT2D eigenvalue weighted by molar-refractivity contribution is 5.94. The number of hydrogen-bond acceptors (Lipinski definition) is 6. The predicted octanol–water partition coefficient (Wildman–Crippen LogP) is -0.194. The lowest BCUT2D eigenvalue weighted by atomic mass is 10.2. The van der Waals surface area contributed by atoms with Crippen molar-refractivity contribution in [1.29, 1.82) is 0 Å². The van der Waals surface area contributed by atoms with Crippen molar-refractivity contribution >= 4 is 17.5 Å². The van der Waals surface area contributed by atoms with Gasteiger partial charge in [-0.15, -0.1) is 0 Å². The van der Waals surface area contributed by atoms with Crippen LogP contribution in [0.25, 0.3) is 0 Å². The number of nitrogen functional groups attached to an aromatic ring is 1. The van der Waals surface area contributed by atoms with E-state index in [-0.39, 0.29) is 30.2 Å². The lowest BCUT2D eigenvalue weighted by molar-refractivity contribution is 0.0679. The van der Waals surface area contributed by atoms with Crippen molar-refractivity contribution in [3.8, 4) is 0 Å². The number of anilines is 2. The summed E-state index contributed by atoms with van der Waals surface area (Å²) in [6.45, 7) is 0.382. The molecule has 0 radical (unpaired) electrons. The highest BCUT2D eigenvalue weighted by atomic mass is 16.5. The van der Waals surface area contributed by atoms with E-state index in [4.69, 9.17) is 15.6 Å². The first-order valence-corrected chi connectivity index (χ1v) is 5.32. The van der Waals surface area contributed by atoms with Crippen LogP contribution in [-0.4, -0.2) is 54.6 Å². The predicted molar refractivity (Wildman–Crippen MR) is 66.8 cm³/mol. The number of carbonyl (C=O) groups is 1. The molecule has 0 aliphatic rings. The molecule has 0 spiro atoms. The average Bonchev–Trinajstić information content (AvgIpc) is 2.28. The van der Waals surface area contributed by atoms with Gasteiger partial charge < -0.3 is 25.6 Å². The van der Waals surface area contributed by atoms with Crippen LogP contribution in [0.3, 0.4) is 0 Å². The molecule has 0 bridgehead atoms. The molecule has 0 amide bonds. The van der Waals surface area contributed by atoms with Gasteiger partial charge in [0, 0.05) is 20.7 Å². The number of carboxylic acids is 1. The molecule has 0 aliphatic heterocycles. The van der Waals surface area contributed by atoms with Crippen LogP contribution in [0.2, 0.25) is 0 Å². The van der Waals surface area contributed by atoms with Crippen LogP contribution in [0, 0.1) is 0 Å². The molecule has 0 saturated carbocycles. The Kier molecular flexibility index (Phi) is 4.87. The molecular formula is C11H17N3O4. The number of nitrogens with two attached hydrogens (primary N) is 1. The minimum atomic E-state index is -1.11. The number of aliphatic hydroxyl groups is 1. The van der Waals surface area contributed by atoms with Gasteiger partial charge >= 0.3 is 5.97 Å². The second-order valence-electron chi connectivity index (χ2n) is 3.93. The van der Waals surface area contributed by atoms with E-state index in [1.54, 1.807) is 11.9 Å². The maximum Gasteiger partial charge on any atom is 0.339 e. The number of aliphatic hydroxyl groups excluding tert-OH is 1. The fourth-order valence-electron chi connectivity index (χ4n) is 1.58. The molecule has 1 aromatic heterocycles. The molecule has 0 aliphatic carbocycles. The van der Waals surface area contributed by atoms with Crippen LogP contribution < -0.4 is 10.6 Å². The van der Waals surface area contributed by atoms with Gasteiger partial charge in [-0.2, -0.15) is 0 Å². The number of aromatic nitrogens is 1. The number of pyridine rings is 1. The summed E-state index contributed by atoms with van der Waals surface area (Å²) in [7, 11) is 3.12. The molecular weight excluding hydrogens is 238 g/mol. The number of likely N-dealkylation sites (N-methyl/N-ethyl adjacent to an activating group) is 1. The second-order valence-corrected chi connectivity index (χ2v) is 3.93. The summed E-state index contributed by atoms with van der Waals surface area (Å²) in [5.74, 6) is -0.857. The Morgan fingerprint density at radius 1 is 1.67 bits per heavy atom. The molecule has 0 aromatic carbocycles. The van der Waals surface area contributed by atoms with Gasteiger partial charge in [-0.25, -0.2) is 9.78 Å². The van der Waals surface area contributed by atoms with Gasteiger partial charge in [0.1, 0.15) is 11.4 Å². The topological polar surface area (TPSA) is 109 Å². The van der Waals surface area contributed by atoms with Gasteiger partial charge in [-0.1, -0.05) is 0 Å². The van der Waals surface area contributed by atoms with E-state index in [0.29, 0.717) is 0 Å². The van der Waals surface area contributed by atoms with Crippen LogP contribution in [0.15, 0.2) is 12.3 Å². The number of carboxylic acid groups (broad SMARTS) is 1. The van der Waals surface area contributed by atoms with Crippen LogP contribution in [-0.2, 0) is 4.74 Å². The maximum absolute atomic E-state index is 11.1. The zero-order valence-corrected chi connectivity index (χ0v) is 10.3. The zero-order valence-electron chi connectivity index (χ0n) is 10.3. The number of methoxy groups -OCH3 is 1. The minimum Gasteiger partial charge on any atom is -0.478 e. The highest BCUT2D eigenvalue weighted by Gasteiger charge is 2.17. The molecule has 18 heavy (non-hydrogen) atoms. The van der Waals surface area contributed by atoms with E-state index >= 15 is 0 Å². The number of aromatic carboxylic acids is 1. The smallest absolute Gasteiger partial charge is 0.339 e. The van der Waals surface area contributed by atoms with Gasteiger partial charge in [0.05, 0.1) is 24.6 Å². The van der Waals surface area contributed by atoms with E-state index in [1.165, 1.54) is 19.4 Å². The quantitative estimate of drug-likeness (QED) is 0.646. The van der Waals surface area contributed by atoms with Crippen LogP contribution >= 0.6 is 0 Å². The summed E-state index contributed by atoms with van der Waals surface area (Å²) in [5.41, 5.74) is 5.78. The summed E-state index contributed by atoms with van der Waals surface area (Å²) < 4.78 is 4.80. The van der Waals surface area contributed by atoms with Gasteiger partial charge in [0.15, 0.2) is 0 Å². The molecule has 1 heterocycles. The summed E-state index contributed by atoms with van der Waals surface area (Å²) >= 11 is 0. The van der Waals surface area contributed by atoms with E-state index in [9.17, 15) is 9.90 Å². The first-order valence-electron chi connectivity index (χ1n) is 5.32. The molecule has 1 atom stereocenters. The van der Waals surface area contributed by atoms with Gasteiger partial charge in [-0.05, 0) is 6.07 Å². The Bertz CT molecular complexity index is 425. The van der Waals surface area contributed by atoms with Crippen molar-refractivity contribution in [2.24, 2.45) is 0 Å². The summed E-state index contributed by atoms with van der Waals surface area (Å²) in [4.78, 5) is 16.6. The van der Waals surface area contributed by atoms with E-state index in [0.717, 1.165) is 0 Å². The number of ether oxygens (including phenoxy) is 1. The molecule has 1 aromatic rings. The van der Waals surface area contributed by atoms with E-state index < -0.39 is 12.1 Å². The Balaban J connectivity index is 2.91. The molecule has 7 heteroatoms. The normalized spacial score (nSPS) is 12.2. The first-order chi connectivity index (χ1) is 8.45. The third kappa shape index (κ3) is 3.57. The van der Waals surface area contributed by atoms with Gasteiger partial charge in [0.2, 0.25) is 0 Å². The summed E-state index contributed by atoms with van der Waals surface area (Å²) in [5, 5.41) is 18.7. The van der Waals surface area contributed by atoms with Crippen LogP contribution in [0.1, 0.15) is 10.4 Å². The maximum atomic E-state index is 11.1. The Hall–Kier alpha value is -1.86. The third-order valence-electron chi connectivity index (χ3n) is 2.32. The zero-order chi connectivity index (χ0) is 13.7. The van der Waals surface area contributed by atoms with Crippen molar-refractivity contribution in [1.82, 2.24) is 4.98 Å². The number of rotatable bonds is 6. The Morgan fingerprint density at radius 3 is 2.89 bits per heavy atom. The van der Waals surface area contributed by atoms with Crippen molar-refractivity contribution in [2.75, 3.05) is 37.9 Å². The summed E-state index contributed by atoms with van der Waals surface area (Å²) in [6, 6.07) is 1.34. The number of nitrogens with zero attached hydrogens (tertiary/aromatic N) is 2. The first kappa shape index (κ1) is 14.2. The molecule has 4 N–H and O–H groups in total. The van der Waals surface area contributed by atoms with Crippen molar-refractivity contribution < 1.29 is 19.7 Å². The standard InChI is InChI=1S/C11H17N3O4/c1-14(5-8(15)6-18-2)10-9(11(16)17)3-7(12)4-13-10/h3-4,8,15H,5-6,12H2,1-2H3,(H,16,17). The summed E-state index contributed by atoms with van der Waals surface area (Å²) in [6.07, 6.45) is 0.655. The molecule has 7 nitrogen and oxygen atoms in total. The Labute approximate surface area is 105 Å². The van der Waals surface area contributed by atoms with Crippen LogP contribution in [0.4, 0.5) is 11.5 Å². The molecule has 0 fully saturated rings.